The fourth-order valence-electron chi connectivity index (χ4n) is 2.77. The molecule has 3 rings (SSSR count). The zero-order chi connectivity index (χ0) is 11.8. The van der Waals surface area contributed by atoms with Crippen molar-refractivity contribution in [3.8, 4) is 0 Å². The van der Waals surface area contributed by atoms with Crippen LogP contribution in [0.4, 0.5) is 0 Å². The van der Waals surface area contributed by atoms with E-state index >= 15 is 0 Å². The van der Waals surface area contributed by atoms with Gasteiger partial charge in [0.25, 0.3) is 0 Å². The van der Waals surface area contributed by atoms with Crippen molar-refractivity contribution < 1.29 is 4.79 Å². The highest BCUT2D eigenvalue weighted by atomic mass is 16.1. The summed E-state index contributed by atoms with van der Waals surface area (Å²) in [5, 5.41) is 1.16. The lowest BCUT2D eigenvalue weighted by molar-refractivity contribution is -0.120. The van der Waals surface area contributed by atoms with E-state index in [0.717, 1.165) is 23.7 Å². The third-order valence-electron chi connectivity index (χ3n) is 3.87. The number of pyridine rings is 1. The van der Waals surface area contributed by atoms with Gasteiger partial charge >= 0.3 is 0 Å². The Kier molecular flexibility index (Phi) is 2.43. The van der Waals surface area contributed by atoms with Crippen LogP contribution in [0.3, 0.4) is 0 Å². The number of carbonyl (C=O) groups is 1. The molecule has 0 N–H and O–H groups in total. The van der Waals surface area contributed by atoms with E-state index in [-0.39, 0.29) is 5.92 Å². The van der Waals surface area contributed by atoms with Crippen LogP contribution < -0.4 is 0 Å². The van der Waals surface area contributed by atoms with E-state index in [1.165, 1.54) is 5.56 Å². The Labute approximate surface area is 101 Å². The van der Waals surface area contributed by atoms with Gasteiger partial charge in [0.05, 0.1) is 5.52 Å². The fourth-order valence-corrected chi connectivity index (χ4v) is 2.77. The summed E-state index contributed by atoms with van der Waals surface area (Å²) in [4.78, 5) is 16.0. The molecule has 2 unspecified atom stereocenters. The number of carbonyl (C=O) groups excluding carboxylic acids is 1. The van der Waals surface area contributed by atoms with E-state index < -0.39 is 0 Å². The van der Waals surface area contributed by atoms with Crippen molar-refractivity contribution in [2.75, 3.05) is 0 Å². The first-order valence-corrected chi connectivity index (χ1v) is 6.13. The van der Waals surface area contributed by atoms with Gasteiger partial charge in [-0.2, -0.15) is 0 Å². The molecule has 1 aromatic carbocycles. The molecular weight excluding hydrogens is 210 g/mol. The van der Waals surface area contributed by atoms with Crippen molar-refractivity contribution in [2.24, 2.45) is 5.92 Å². The highest BCUT2D eigenvalue weighted by Gasteiger charge is 2.31. The van der Waals surface area contributed by atoms with Gasteiger partial charge in [-0.3, -0.25) is 9.78 Å². The molecule has 1 heterocycles. The second-order valence-electron chi connectivity index (χ2n) is 4.86. The van der Waals surface area contributed by atoms with Gasteiger partial charge < -0.3 is 0 Å². The Balaban J connectivity index is 2.04. The van der Waals surface area contributed by atoms with Gasteiger partial charge in [0.15, 0.2) is 0 Å². The first kappa shape index (κ1) is 10.5. The van der Waals surface area contributed by atoms with Crippen molar-refractivity contribution in [3.05, 3.63) is 42.1 Å². The topological polar surface area (TPSA) is 30.0 Å². The van der Waals surface area contributed by atoms with Crippen molar-refractivity contribution >= 4 is 16.7 Å². The first-order chi connectivity index (χ1) is 8.25. The molecule has 1 saturated carbocycles. The molecule has 2 aromatic rings. The van der Waals surface area contributed by atoms with Crippen LogP contribution in [0.1, 0.15) is 31.2 Å². The van der Waals surface area contributed by atoms with Gasteiger partial charge in [0.2, 0.25) is 0 Å². The van der Waals surface area contributed by atoms with Crippen LogP contribution in [0.2, 0.25) is 0 Å². The first-order valence-electron chi connectivity index (χ1n) is 6.13. The van der Waals surface area contributed by atoms with Crippen LogP contribution in [-0.4, -0.2) is 10.8 Å². The van der Waals surface area contributed by atoms with Gasteiger partial charge in [0.1, 0.15) is 5.78 Å². The number of rotatable bonds is 1. The lowest BCUT2D eigenvalue weighted by atomic mass is 9.89. The molecule has 0 radical (unpaired) electrons. The van der Waals surface area contributed by atoms with Gasteiger partial charge in [-0.1, -0.05) is 25.1 Å². The number of fused-ring (bicyclic) bond motifs is 1. The van der Waals surface area contributed by atoms with Crippen molar-refractivity contribution in [2.45, 2.75) is 25.7 Å². The van der Waals surface area contributed by atoms with Crippen LogP contribution in [0.15, 0.2) is 36.5 Å². The van der Waals surface area contributed by atoms with E-state index in [1.54, 1.807) is 0 Å². The zero-order valence-corrected chi connectivity index (χ0v) is 9.89. The van der Waals surface area contributed by atoms with Gasteiger partial charge in [-0.05, 0) is 30.0 Å². The SMILES string of the molecule is CC1C(=O)CCC1c1ccc2cccnc2c1. The molecule has 1 aliphatic carbocycles. The molecule has 0 amide bonds. The maximum atomic E-state index is 11.6. The highest BCUT2D eigenvalue weighted by molar-refractivity contribution is 5.85. The minimum atomic E-state index is 0.163. The summed E-state index contributed by atoms with van der Waals surface area (Å²) in [7, 11) is 0. The lowest BCUT2D eigenvalue weighted by Gasteiger charge is -2.14. The minimum absolute atomic E-state index is 0.163. The Hall–Kier alpha value is -1.70. The standard InChI is InChI=1S/C15H15NO/c1-10-13(6-7-15(10)17)12-5-4-11-3-2-8-16-14(11)9-12/h2-5,8-10,13H,6-7H2,1H3. The third-order valence-corrected chi connectivity index (χ3v) is 3.87. The summed E-state index contributed by atoms with van der Waals surface area (Å²) in [5.41, 5.74) is 2.28. The second kappa shape index (κ2) is 3.95. The Morgan fingerprint density at radius 1 is 1.29 bits per heavy atom. The smallest absolute Gasteiger partial charge is 0.136 e. The van der Waals surface area contributed by atoms with E-state index in [1.807, 2.05) is 19.2 Å². The van der Waals surface area contributed by atoms with Crippen LogP contribution in [0, 0.1) is 5.92 Å². The molecule has 0 spiro atoms. The normalized spacial score (nSPS) is 24.4. The van der Waals surface area contributed by atoms with Crippen LogP contribution in [0.5, 0.6) is 0 Å². The minimum Gasteiger partial charge on any atom is -0.299 e. The monoisotopic (exact) mass is 225 g/mol. The summed E-state index contributed by atoms with van der Waals surface area (Å²) >= 11 is 0. The molecule has 0 aliphatic heterocycles. The third kappa shape index (κ3) is 1.74. The Morgan fingerprint density at radius 3 is 2.94 bits per heavy atom. The van der Waals surface area contributed by atoms with Crippen LogP contribution in [-0.2, 0) is 4.79 Å². The van der Waals surface area contributed by atoms with E-state index in [0.29, 0.717) is 11.7 Å². The molecule has 0 bridgehead atoms. The van der Waals surface area contributed by atoms with Crippen molar-refractivity contribution in [3.63, 3.8) is 0 Å². The quantitative estimate of drug-likeness (QED) is 0.745. The predicted octanol–water partition coefficient (Wildman–Crippen LogP) is 3.32. The van der Waals surface area contributed by atoms with Gasteiger partial charge in [-0.25, -0.2) is 0 Å². The summed E-state index contributed by atoms with van der Waals surface area (Å²) < 4.78 is 0. The Bertz CT molecular complexity index is 576. The summed E-state index contributed by atoms with van der Waals surface area (Å²) in [6.45, 7) is 2.04. The number of ketones is 1. The second-order valence-corrected chi connectivity index (χ2v) is 4.86. The van der Waals surface area contributed by atoms with Crippen LogP contribution in [0.25, 0.3) is 10.9 Å². The lowest BCUT2D eigenvalue weighted by Crippen LogP contribution is -2.08. The molecule has 1 fully saturated rings. The predicted molar refractivity (Wildman–Crippen MR) is 67.9 cm³/mol. The Morgan fingerprint density at radius 2 is 2.18 bits per heavy atom. The number of benzene rings is 1. The van der Waals surface area contributed by atoms with Crippen molar-refractivity contribution in [1.82, 2.24) is 4.98 Å². The van der Waals surface area contributed by atoms with Crippen molar-refractivity contribution in [1.29, 1.82) is 0 Å². The average molecular weight is 225 g/mol. The van der Waals surface area contributed by atoms with Gasteiger partial charge in [0, 0.05) is 23.9 Å². The van der Waals surface area contributed by atoms with Crippen LogP contribution >= 0.6 is 0 Å². The maximum Gasteiger partial charge on any atom is 0.136 e. The number of nitrogens with zero attached hydrogens (tertiary/aromatic N) is 1. The largest absolute Gasteiger partial charge is 0.299 e. The number of hydrogen-bond donors (Lipinski definition) is 0. The molecule has 86 valence electrons. The maximum absolute atomic E-state index is 11.6. The van der Waals surface area contributed by atoms with E-state index in [2.05, 4.69) is 29.2 Å². The summed E-state index contributed by atoms with van der Waals surface area (Å²) in [5.74, 6) is 0.946. The van der Waals surface area contributed by atoms with E-state index in [4.69, 9.17) is 0 Å². The molecule has 1 aliphatic rings. The molecule has 0 saturated heterocycles. The zero-order valence-electron chi connectivity index (χ0n) is 9.89. The molecule has 2 nitrogen and oxygen atoms in total. The molecule has 2 atom stereocenters. The van der Waals surface area contributed by atoms with Gasteiger partial charge in [-0.15, -0.1) is 0 Å². The summed E-state index contributed by atoms with van der Waals surface area (Å²) in [6, 6.07) is 10.4. The van der Waals surface area contributed by atoms with E-state index in [9.17, 15) is 4.79 Å². The molecule has 1 aromatic heterocycles. The molecule has 2 heteroatoms. The molecule has 17 heavy (non-hydrogen) atoms. The fraction of sp³-hybridized carbons (Fsp3) is 0.333. The highest BCUT2D eigenvalue weighted by Crippen LogP contribution is 2.37. The number of Topliss-reactive ketones (excluding diaryl/α,β-unsaturated/α-hetero) is 1. The molecular formula is C15H15NO. The number of aromatic nitrogens is 1. The number of hydrogen-bond acceptors (Lipinski definition) is 2. The average Bonchev–Trinajstić information content (AvgIpc) is 2.70. The summed E-state index contributed by atoms with van der Waals surface area (Å²) in [6.07, 6.45) is 3.53.